The smallest absolute Gasteiger partial charge is 0.306 e. The molecule has 36 heavy (non-hydrogen) atoms. The first kappa shape index (κ1) is 23.3. The number of rotatable bonds is 5. The Kier molecular flexibility index (Phi) is 5.67. The monoisotopic (exact) mass is 486 g/mol. The van der Waals surface area contributed by atoms with Crippen LogP contribution in [-0.4, -0.2) is 56.2 Å². The third-order valence-electron chi connectivity index (χ3n) is 9.33. The number of hydrogen-bond donors (Lipinski definition) is 0. The predicted octanol–water partition coefficient (Wildman–Crippen LogP) is 4.57. The molecule has 2 aromatic rings. The number of nitrogens with zero attached hydrogens (tertiary/aromatic N) is 2. The van der Waals surface area contributed by atoms with E-state index in [0.29, 0.717) is 6.42 Å². The fraction of sp³-hybridized carbons (Fsp3) is 0.467. The van der Waals surface area contributed by atoms with E-state index < -0.39 is 0 Å². The van der Waals surface area contributed by atoms with Crippen LogP contribution in [0.2, 0.25) is 0 Å². The molecule has 3 heterocycles. The molecular formula is C30H34N2O4. The summed E-state index contributed by atoms with van der Waals surface area (Å²) in [6.07, 6.45) is 8.93. The first-order valence-electron chi connectivity index (χ1n) is 13.1. The van der Waals surface area contributed by atoms with Crippen molar-refractivity contribution in [3.63, 3.8) is 0 Å². The summed E-state index contributed by atoms with van der Waals surface area (Å²) < 4.78 is 11.0. The number of ether oxygens (including phenoxy) is 2. The summed E-state index contributed by atoms with van der Waals surface area (Å²) in [6, 6.07) is 16.4. The van der Waals surface area contributed by atoms with Gasteiger partial charge < -0.3 is 14.4 Å². The molecule has 0 unspecified atom stereocenters. The van der Waals surface area contributed by atoms with Crippen molar-refractivity contribution < 1.29 is 19.1 Å². The van der Waals surface area contributed by atoms with Gasteiger partial charge in [0.2, 0.25) is 0 Å². The minimum Gasteiger partial charge on any atom is -0.495 e. The molecule has 6 nitrogen and oxygen atoms in total. The Morgan fingerprint density at radius 2 is 1.86 bits per heavy atom. The van der Waals surface area contributed by atoms with Crippen molar-refractivity contribution in [1.29, 1.82) is 0 Å². The lowest BCUT2D eigenvalue weighted by atomic mass is 9.52. The molecule has 1 spiro atoms. The van der Waals surface area contributed by atoms with E-state index >= 15 is 0 Å². The molecule has 2 saturated heterocycles. The summed E-state index contributed by atoms with van der Waals surface area (Å²) in [5, 5.41) is 0. The zero-order valence-electron chi connectivity index (χ0n) is 21.1. The van der Waals surface area contributed by atoms with Gasteiger partial charge in [0.05, 0.1) is 26.3 Å². The number of hydrogen-bond acceptors (Lipinski definition) is 5. The molecular weight excluding hydrogens is 452 g/mol. The molecule has 1 aliphatic carbocycles. The maximum atomic E-state index is 13.9. The van der Waals surface area contributed by atoms with Crippen LogP contribution in [0.15, 0.2) is 54.6 Å². The summed E-state index contributed by atoms with van der Waals surface area (Å²) in [6.45, 7) is 2.03. The Morgan fingerprint density at radius 3 is 2.64 bits per heavy atom. The largest absolute Gasteiger partial charge is 0.495 e. The second kappa shape index (κ2) is 8.77. The molecule has 1 amide bonds. The fourth-order valence-electron chi connectivity index (χ4n) is 8.15. The number of carbonyl (C=O) groups is 2. The highest BCUT2D eigenvalue weighted by Gasteiger charge is 2.69. The number of fused-ring (bicyclic) bond motifs is 1. The lowest BCUT2D eigenvalue weighted by Crippen LogP contribution is -2.65. The van der Waals surface area contributed by atoms with Crippen LogP contribution < -0.4 is 9.64 Å². The molecule has 3 fully saturated rings. The fourth-order valence-corrected chi connectivity index (χ4v) is 8.15. The number of benzene rings is 2. The number of piperidine rings is 1. The Balaban J connectivity index is 1.48. The average molecular weight is 487 g/mol. The van der Waals surface area contributed by atoms with E-state index in [9.17, 15) is 9.59 Å². The molecule has 6 rings (SSSR count). The van der Waals surface area contributed by atoms with E-state index in [2.05, 4.69) is 17.0 Å². The minimum absolute atomic E-state index is 0.0128. The van der Waals surface area contributed by atoms with E-state index in [-0.39, 0.29) is 34.8 Å². The summed E-state index contributed by atoms with van der Waals surface area (Å²) in [5.74, 6) is 0.603. The van der Waals surface area contributed by atoms with E-state index in [1.54, 1.807) is 13.2 Å². The summed E-state index contributed by atoms with van der Waals surface area (Å²) in [4.78, 5) is 31.2. The topological polar surface area (TPSA) is 59.1 Å². The van der Waals surface area contributed by atoms with Crippen LogP contribution in [0.5, 0.6) is 5.75 Å². The first-order chi connectivity index (χ1) is 17.5. The van der Waals surface area contributed by atoms with Gasteiger partial charge in [-0.1, -0.05) is 42.5 Å². The van der Waals surface area contributed by atoms with Crippen molar-refractivity contribution in [2.45, 2.75) is 56.0 Å². The standard InChI is InChI=1S/C30H34N2O4/c1-35-23-11-6-10-22-27(23)32(25(33)13-12-21-8-4-3-5-9-21)24-14-16-29(20-26(34)36-2)15-7-18-31-19-17-30(22,24)28(29)31/h3-6,8-13,24,28H,7,14-20H2,1-2H3/b13-12+/t24-,28-,29-,30-/m1/s1. The molecule has 4 atom stereocenters. The maximum Gasteiger partial charge on any atom is 0.306 e. The van der Waals surface area contributed by atoms with Gasteiger partial charge in [-0.25, -0.2) is 0 Å². The van der Waals surface area contributed by atoms with Crippen LogP contribution in [-0.2, 0) is 19.7 Å². The number of amides is 1. The van der Waals surface area contributed by atoms with Gasteiger partial charge in [0, 0.05) is 23.6 Å². The summed E-state index contributed by atoms with van der Waals surface area (Å²) in [5.41, 5.74) is 2.77. The van der Waals surface area contributed by atoms with Gasteiger partial charge in [0.1, 0.15) is 5.75 Å². The number of para-hydroxylation sites is 1. The van der Waals surface area contributed by atoms with Gasteiger partial charge >= 0.3 is 5.97 Å². The Hall–Kier alpha value is -3.12. The van der Waals surface area contributed by atoms with E-state index in [4.69, 9.17) is 9.47 Å². The third-order valence-corrected chi connectivity index (χ3v) is 9.33. The van der Waals surface area contributed by atoms with Crippen LogP contribution in [0.1, 0.15) is 49.7 Å². The Labute approximate surface area is 212 Å². The molecule has 6 heteroatoms. The lowest BCUT2D eigenvalue weighted by Gasteiger charge is -2.58. The van der Waals surface area contributed by atoms with E-state index in [1.165, 1.54) is 12.7 Å². The minimum atomic E-state index is -0.215. The molecule has 0 aromatic heterocycles. The van der Waals surface area contributed by atoms with Crippen molar-refractivity contribution in [3.05, 3.63) is 65.7 Å². The number of methoxy groups -OCH3 is 2. The van der Waals surface area contributed by atoms with E-state index in [1.807, 2.05) is 47.4 Å². The SMILES string of the molecule is COC(=O)C[C@@]12CCCN3CC[C@]4(c5cccc(OC)c5N(C(=O)/C=C/c5ccccc5)[C@@H]4CC1)[C@H]32. The number of esters is 1. The highest BCUT2D eigenvalue weighted by molar-refractivity contribution is 6.07. The zero-order chi connectivity index (χ0) is 24.9. The van der Waals surface area contributed by atoms with Crippen molar-refractivity contribution >= 4 is 23.6 Å². The van der Waals surface area contributed by atoms with Crippen molar-refractivity contribution in [3.8, 4) is 5.75 Å². The maximum absolute atomic E-state index is 13.9. The van der Waals surface area contributed by atoms with Crippen LogP contribution in [0.4, 0.5) is 5.69 Å². The van der Waals surface area contributed by atoms with Crippen molar-refractivity contribution in [2.75, 3.05) is 32.2 Å². The average Bonchev–Trinajstić information content (AvgIpc) is 3.45. The van der Waals surface area contributed by atoms with Crippen LogP contribution in [0.3, 0.4) is 0 Å². The van der Waals surface area contributed by atoms with Crippen molar-refractivity contribution in [2.24, 2.45) is 5.41 Å². The second-order valence-corrected chi connectivity index (χ2v) is 10.8. The van der Waals surface area contributed by atoms with Crippen LogP contribution in [0, 0.1) is 5.41 Å². The predicted molar refractivity (Wildman–Crippen MR) is 139 cm³/mol. The van der Waals surface area contributed by atoms with Gasteiger partial charge in [-0.3, -0.25) is 14.5 Å². The van der Waals surface area contributed by atoms with Crippen LogP contribution in [0.25, 0.3) is 6.08 Å². The van der Waals surface area contributed by atoms with Crippen molar-refractivity contribution in [1.82, 2.24) is 4.90 Å². The van der Waals surface area contributed by atoms with Gasteiger partial charge in [-0.15, -0.1) is 0 Å². The van der Waals surface area contributed by atoms with Gasteiger partial charge in [-0.2, -0.15) is 0 Å². The number of carbonyl (C=O) groups excluding carboxylic acids is 2. The molecule has 0 bridgehead atoms. The van der Waals surface area contributed by atoms with Gasteiger partial charge in [-0.05, 0) is 73.9 Å². The van der Waals surface area contributed by atoms with Crippen LogP contribution >= 0.6 is 0 Å². The Morgan fingerprint density at radius 1 is 1.03 bits per heavy atom. The van der Waals surface area contributed by atoms with Gasteiger partial charge in [0.15, 0.2) is 0 Å². The molecule has 4 aliphatic rings. The lowest BCUT2D eigenvalue weighted by molar-refractivity contribution is -0.148. The molecule has 0 radical (unpaired) electrons. The highest BCUT2D eigenvalue weighted by Crippen LogP contribution is 2.66. The quantitative estimate of drug-likeness (QED) is 0.458. The molecule has 2 aromatic carbocycles. The van der Waals surface area contributed by atoms with Gasteiger partial charge in [0.25, 0.3) is 5.91 Å². The molecule has 0 N–H and O–H groups in total. The number of anilines is 1. The summed E-state index contributed by atoms with van der Waals surface area (Å²) >= 11 is 0. The zero-order valence-corrected chi connectivity index (χ0v) is 21.1. The second-order valence-electron chi connectivity index (χ2n) is 10.8. The summed E-state index contributed by atoms with van der Waals surface area (Å²) in [7, 11) is 3.17. The Bertz CT molecular complexity index is 1210. The normalized spacial score (nSPS) is 30.6. The first-order valence-corrected chi connectivity index (χ1v) is 13.1. The molecule has 1 saturated carbocycles. The highest BCUT2D eigenvalue weighted by atomic mass is 16.5. The third kappa shape index (κ3) is 3.27. The molecule has 3 aliphatic heterocycles. The molecule has 188 valence electrons. The van der Waals surface area contributed by atoms with E-state index in [0.717, 1.165) is 62.2 Å².